The average molecular weight is 460 g/mol. The van der Waals surface area contributed by atoms with Crippen LogP contribution in [0.4, 0.5) is 10.4 Å². The summed E-state index contributed by atoms with van der Waals surface area (Å²) in [6.07, 6.45) is 1.53. The molecule has 0 aliphatic carbocycles. The molecule has 4 aromatic rings. The molecule has 2 N–H and O–H groups in total. The molecular formula is C24H19N3O2Se. The molecule has 0 radical (unpaired) electrons. The zero-order chi connectivity index (χ0) is 20.9. The number of nitrogens with one attached hydrogen (secondary N) is 2. The normalized spacial score (nSPS) is 10.4. The summed E-state index contributed by atoms with van der Waals surface area (Å²) in [5.41, 5.74) is 4.33. The summed E-state index contributed by atoms with van der Waals surface area (Å²) in [5, 5.41) is 5.75. The van der Waals surface area contributed by atoms with Crippen LogP contribution in [0, 0.1) is 6.92 Å². The van der Waals surface area contributed by atoms with Gasteiger partial charge in [-0.25, -0.2) is 0 Å². The van der Waals surface area contributed by atoms with E-state index in [0.717, 1.165) is 22.4 Å². The topological polar surface area (TPSA) is 71.1 Å². The van der Waals surface area contributed by atoms with Crippen molar-refractivity contribution in [2.75, 3.05) is 10.6 Å². The van der Waals surface area contributed by atoms with Crippen LogP contribution in [0.3, 0.4) is 0 Å². The molecule has 3 aromatic carbocycles. The second-order valence-corrected chi connectivity index (χ2v) is 8.86. The van der Waals surface area contributed by atoms with Crippen molar-refractivity contribution >= 4 is 36.7 Å². The molecule has 30 heavy (non-hydrogen) atoms. The van der Waals surface area contributed by atoms with Crippen molar-refractivity contribution in [3.05, 3.63) is 101 Å². The van der Waals surface area contributed by atoms with Crippen LogP contribution in [-0.2, 0) is 0 Å². The first kappa shape index (κ1) is 19.8. The molecule has 1 aromatic heterocycles. The molecular weight excluding hydrogens is 441 g/mol. The van der Waals surface area contributed by atoms with Gasteiger partial charge in [0.25, 0.3) is 0 Å². The molecule has 2 amide bonds. The van der Waals surface area contributed by atoms with Gasteiger partial charge in [0.15, 0.2) is 0 Å². The predicted octanol–water partition coefficient (Wildman–Crippen LogP) is 4.62. The van der Waals surface area contributed by atoms with Crippen LogP contribution in [0.2, 0.25) is 0 Å². The van der Waals surface area contributed by atoms with Crippen molar-refractivity contribution in [1.82, 2.24) is 4.98 Å². The average Bonchev–Trinajstić information content (AvgIpc) is 3.25. The molecule has 0 aliphatic rings. The molecule has 0 aliphatic heterocycles. The van der Waals surface area contributed by atoms with E-state index in [2.05, 4.69) is 15.6 Å². The van der Waals surface area contributed by atoms with Gasteiger partial charge in [-0.1, -0.05) is 0 Å². The van der Waals surface area contributed by atoms with Gasteiger partial charge >= 0.3 is 181 Å². The molecule has 6 heteroatoms. The first-order chi connectivity index (χ1) is 14.6. The molecule has 0 unspecified atom stereocenters. The fourth-order valence-electron chi connectivity index (χ4n) is 2.97. The Bertz CT molecular complexity index is 1200. The van der Waals surface area contributed by atoms with Crippen molar-refractivity contribution < 1.29 is 9.59 Å². The summed E-state index contributed by atoms with van der Waals surface area (Å²) < 4.78 is 1.09. The molecule has 0 saturated heterocycles. The maximum absolute atomic E-state index is 12.7. The number of para-hydroxylation sites is 1. The van der Waals surface area contributed by atoms with E-state index in [4.69, 9.17) is 0 Å². The summed E-state index contributed by atoms with van der Waals surface area (Å²) in [4.78, 5) is 29.4. The number of carbonyl (C=O) groups excluding carboxylic acids is 2. The summed E-state index contributed by atoms with van der Waals surface area (Å²) in [5.74, 6) is -0.425. The Morgan fingerprint density at radius 1 is 0.800 bits per heavy atom. The first-order valence-corrected chi connectivity index (χ1v) is 11.1. The SMILES string of the molecule is Cc1ccccc1NC(=O)c1cnc(NC(=O)c2cccc(-c3ccccc3)c2)[se]1. The van der Waals surface area contributed by atoms with E-state index in [-0.39, 0.29) is 26.3 Å². The fourth-order valence-corrected chi connectivity index (χ4v) is 4.46. The van der Waals surface area contributed by atoms with E-state index < -0.39 is 0 Å². The fraction of sp³-hybridized carbons (Fsp3) is 0.0417. The van der Waals surface area contributed by atoms with Crippen LogP contribution >= 0.6 is 0 Å². The Morgan fingerprint density at radius 3 is 2.33 bits per heavy atom. The van der Waals surface area contributed by atoms with Crippen LogP contribution in [0.1, 0.15) is 25.2 Å². The van der Waals surface area contributed by atoms with E-state index >= 15 is 0 Å². The zero-order valence-electron chi connectivity index (χ0n) is 16.3. The Kier molecular flexibility index (Phi) is 5.89. The molecule has 0 bridgehead atoms. The minimum atomic E-state index is -0.362. The standard InChI is InChI=1S/C24H19N3O2Se/c1-16-8-5-6-13-20(16)26-23(29)21-15-25-24(30-21)27-22(28)19-12-7-11-18(14-19)17-9-3-2-4-10-17/h2-15H,1H3,(H,26,29)(H,25,27,28). The molecule has 0 atom stereocenters. The summed E-state index contributed by atoms with van der Waals surface area (Å²) >= 11 is -0.362. The number of hydrogen-bond acceptors (Lipinski definition) is 3. The van der Waals surface area contributed by atoms with Crippen LogP contribution in [0.15, 0.2) is 85.1 Å². The number of amides is 2. The maximum atomic E-state index is 12.7. The number of aromatic nitrogens is 1. The van der Waals surface area contributed by atoms with Gasteiger partial charge in [-0.3, -0.25) is 0 Å². The monoisotopic (exact) mass is 461 g/mol. The van der Waals surface area contributed by atoms with Gasteiger partial charge in [-0.15, -0.1) is 0 Å². The van der Waals surface area contributed by atoms with E-state index in [9.17, 15) is 9.59 Å². The molecule has 1 heterocycles. The predicted molar refractivity (Wildman–Crippen MR) is 120 cm³/mol. The number of anilines is 2. The first-order valence-electron chi connectivity index (χ1n) is 9.40. The van der Waals surface area contributed by atoms with Gasteiger partial charge in [0, 0.05) is 0 Å². The third-order valence-corrected chi connectivity index (χ3v) is 6.49. The van der Waals surface area contributed by atoms with Crippen LogP contribution in [0.25, 0.3) is 11.1 Å². The quantitative estimate of drug-likeness (QED) is 0.427. The molecule has 148 valence electrons. The van der Waals surface area contributed by atoms with Crippen LogP contribution in [-0.4, -0.2) is 31.3 Å². The van der Waals surface area contributed by atoms with Crippen LogP contribution < -0.4 is 10.6 Å². The van der Waals surface area contributed by atoms with Crippen LogP contribution in [0.5, 0.6) is 0 Å². The molecule has 0 spiro atoms. The van der Waals surface area contributed by atoms with E-state index in [1.807, 2.05) is 79.7 Å². The Hall–Kier alpha value is -3.47. The summed E-state index contributed by atoms with van der Waals surface area (Å²) in [7, 11) is 0. The Morgan fingerprint density at radius 2 is 1.53 bits per heavy atom. The zero-order valence-corrected chi connectivity index (χ0v) is 18.0. The number of carbonyl (C=O) groups is 2. The molecule has 0 fully saturated rings. The minimum absolute atomic E-state index is 0.191. The Balaban J connectivity index is 1.46. The van der Waals surface area contributed by atoms with E-state index in [1.165, 1.54) is 6.20 Å². The van der Waals surface area contributed by atoms with Gasteiger partial charge < -0.3 is 0 Å². The van der Waals surface area contributed by atoms with Crippen molar-refractivity contribution in [3.63, 3.8) is 0 Å². The van der Waals surface area contributed by atoms with Crippen molar-refractivity contribution in [2.45, 2.75) is 6.92 Å². The van der Waals surface area contributed by atoms with Gasteiger partial charge in [0.2, 0.25) is 0 Å². The number of aryl methyl sites for hydroxylation is 1. The number of hydrogen-bond donors (Lipinski definition) is 2. The van der Waals surface area contributed by atoms with Gasteiger partial charge in [0.1, 0.15) is 0 Å². The second-order valence-electron chi connectivity index (χ2n) is 6.70. The number of benzene rings is 3. The van der Waals surface area contributed by atoms with Gasteiger partial charge in [0.05, 0.1) is 0 Å². The Labute approximate surface area is 180 Å². The van der Waals surface area contributed by atoms with E-state index in [1.54, 1.807) is 6.07 Å². The number of nitrogens with zero attached hydrogens (tertiary/aromatic N) is 1. The molecule has 0 saturated carbocycles. The molecule has 5 nitrogen and oxygen atoms in total. The number of rotatable bonds is 5. The van der Waals surface area contributed by atoms with Crippen molar-refractivity contribution in [3.8, 4) is 11.1 Å². The third kappa shape index (κ3) is 4.57. The second kappa shape index (κ2) is 8.91. The van der Waals surface area contributed by atoms with Crippen molar-refractivity contribution in [2.24, 2.45) is 0 Å². The summed E-state index contributed by atoms with van der Waals surface area (Å²) in [6, 6.07) is 25.0. The van der Waals surface area contributed by atoms with Crippen molar-refractivity contribution in [1.29, 1.82) is 0 Å². The third-order valence-electron chi connectivity index (χ3n) is 4.58. The molecule has 4 rings (SSSR count). The summed E-state index contributed by atoms with van der Waals surface area (Å²) in [6.45, 7) is 1.94. The van der Waals surface area contributed by atoms with Gasteiger partial charge in [-0.05, 0) is 0 Å². The van der Waals surface area contributed by atoms with Gasteiger partial charge in [-0.2, -0.15) is 0 Å². The van der Waals surface area contributed by atoms with E-state index in [0.29, 0.717) is 14.7 Å².